The van der Waals surface area contributed by atoms with E-state index in [-0.39, 0.29) is 18.7 Å². The lowest BCUT2D eigenvalue weighted by Crippen LogP contribution is -2.40. The molecule has 1 unspecified atom stereocenters. The third-order valence-corrected chi connectivity index (χ3v) is 6.79. The van der Waals surface area contributed by atoms with Gasteiger partial charge in [-0.05, 0) is 59.8 Å². The SMILES string of the molecule is COc1c2c(cc3c1C(c1nnnn1-c1ccc(C(=O)N4CCOCC4)cc1)N(C)CC3)OCO2. The maximum atomic E-state index is 12.8. The number of methoxy groups -OCH3 is 1. The molecule has 3 aliphatic heterocycles. The van der Waals surface area contributed by atoms with E-state index in [1.54, 1.807) is 11.8 Å². The first-order chi connectivity index (χ1) is 17.2. The third-order valence-electron chi connectivity index (χ3n) is 6.79. The van der Waals surface area contributed by atoms with E-state index < -0.39 is 0 Å². The average Bonchev–Trinajstić information content (AvgIpc) is 3.57. The molecule has 1 saturated heterocycles. The molecule has 1 atom stereocenters. The number of hydrogen-bond acceptors (Lipinski definition) is 9. The van der Waals surface area contributed by atoms with Crippen molar-refractivity contribution >= 4 is 5.91 Å². The molecule has 0 spiro atoms. The Balaban J connectivity index is 1.36. The molecule has 1 aromatic heterocycles. The summed E-state index contributed by atoms with van der Waals surface area (Å²) in [5.74, 6) is 2.60. The van der Waals surface area contributed by atoms with Gasteiger partial charge in [-0.2, -0.15) is 4.68 Å². The Hall–Kier alpha value is -3.70. The standard InChI is InChI=1S/C24H26N6O5/c1-28-8-7-16-13-18-21(35-14-34-18)22(32-2)19(16)20(28)23-25-26-27-30(23)17-5-3-15(4-6-17)24(31)29-9-11-33-12-10-29/h3-6,13,20H,7-12,14H2,1-2H3. The molecule has 1 fully saturated rings. The summed E-state index contributed by atoms with van der Waals surface area (Å²) in [6, 6.07) is 9.14. The van der Waals surface area contributed by atoms with Gasteiger partial charge in [0.1, 0.15) is 6.04 Å². The van der Waals surface area contributed by atoms with Crippen molar-refractivity contribution in [1.82, 2.24) is 30.0 Å². The van der Waals surface area contributed by atoms with Crippen molar-refractivity contribution in [3.8, 4) is 22.9 Å². The van der Waals surface area contributed by atoms with E-state index in [4.69, 9.17) is 18.9 Å². The molecule has 182 valence electrons. The van der Waals surface area contributed by atoms with Crippen molar-refractivity contribution in [2.45, 2.75) is 12.5 Å². The van der Waals surface area contributed by atoms with Crippen LogP contribution in [0, 0.1) is 0 Å². The van der Waals surface area contributed by atoms with Crippen molar-refractivity contribution in [2.24, 2.45) is 0 Å². The minimum Gasteiger partial charge on any atom is -0.492 e. The third kappa shape index (κ3) is 3.67. The van der Waals surface area contributed by atoms with Gasteiger partial charge in [-0.15, -0.1) is 5.10 Å². The highest BCUT2D eigenvalue weighted by Crippen LogP contribution is 2.50. The highest BCUT2D eigenvalue weighted by Gasteiger charge is 2.37. The van der Waals surface area contributed by atoms with Crippen LogP contribution in [0.15, 0.2) is 30.3 Å². The normalized spacial score (nSPS) is 19.5. The zero-order chi connectivity index (χ0) is 23.9. The Bertz CT molecular complexity index is 1250. The second-order valence-electron chi connectivity index (χ2n) is 8.75. The Morgan fingerprint density at radius 2 is 1.91 bits per heavy atom. The van der Waals surface area contributed by atoms with Crippen LogP contribution in [0.1, 0.15) is 33.4 Å². The summed E-state index contributed by atoms with van der Waals surface area (Å²) < 4.78 is 24.2. The quantitative estimate of drug-likeness (QED) is 0.551. The van der Waals surface area contributed by atoms with E-state index in [1.807, 2.05) is 42.3 Å². The summed E-state index contributed by atoms with van der Waals surface area (Å²) in [4.78, 5) is 16.8. The predicted octanol–water partition coefficient (Wildman–Crippen LogP) is 1.45. The Morgan fingerprint density at radius 3 is 2.69 bits per heavy atom. The van der Waals surface area contributed by atoms with Crippen molar-refractivity contribution in [1.29, 1.82) is 0 Å². The first-order valence-corrected chi connectivity index (χ1v) is 11.6. The number of aromatic nitrogens is 4. The van der Waals surface area contributed by atoms with Gasteiger partial charge in [-0.1, -0.05) is 0 Å². The summed E-state index contributed by atoms with van der Waals surface area (Å²) in [5.41, 5.74) is 3.49. The molecule has 0 radical (unpaired) electrons. The molecular formula is C24H26N6O5. The average molecular weight is 479 g/mol. The molecule has 1 amide bonds. The van der Waals surface area contributed by atoms with Crippen LogP contribution in [0.25, 0.3) is 5.69 Å². The Labute approximate surface area is 202 Å². The Morgan fingerprint density at radius 1 is 1.11 bits per heavy atom. The van der Waals surface area contributed by atoms with Crippen LogP contribution in [0.5, 0.6) is 17.2 Å². The molecule has 0 N–H and O–H groups in total. The Kier molecular flexibility index (Phi) is 5.50. The summed E-state index contributed by atoms with van der Waals surface area (Å²) in [6.45, 7) is 3.33. The molecular weight excluding hydrogens is 452 g/mol. The van der Waals surface area contributed by atoms with Gasteiger partial charge in [0.05, 0.1) is 26.0 Å². The van der Waals surface area contributed by atoms with E-state index >= 15 is 0 Å². The van der Waals surface area contributed by atoms with Gasteiger partial charge < -0.3 is 23.8 Å². The topological polar surface area (TPSA) is 104 Å². The van der Waals surface area contributed by atoms with Gasteiger partial charge in [-0.25, -0.2) is 0 Å². The van der Waals surface area contributed by atoms with Gasteiger partial charge >= 0.3 is 0 Å². The van der Waals surface area contributed by atoms with Gasteiger partial charge in [-0.3, -0.25) is 9.69 Å². The van der Waals surface area contributed by atoms with E-state index in [0.717, 1.165) is 29.8 Å². The predicted molar refractivity (Wildman–Crippen MR) is 123 cm³/mol. The molecule has 35 heavy (non-hydrogen) atoms. The molecule has 11 nitrogen and oxygen atoms in total. The molecule has 3 aliphatic rings. The zero-order valence-corrected chi connectivity index (χ0v) is 19.6. The van der Waals surface area contributed by atoms with Crippen molar-refractivity contribution in [3.63, 3.8) is 0 Å². The van der Waals surface area contributed by atoms with E-state index in [1.165, 1.54) is 0 Å². The summed E-state index contributed by atoms with van der Waals surface area (Å²) in [5, 5.41) is 12.7. The fourth-order valence-corrected chi connectivity index (χ4v) is 5.00. The largest absolute Gasteiger partial charge is 0.492 e. The molecule has 0 aliphatic carbocycles. The van der Waals surface area contributed by atoms with E-state index in [0.29, 0.717) is 54.9 Å². The number of rotatable bonds is 4. The monoisotopic (exact) mass is 478 g/mol. The fourth-order valence-electron chi connectivity index (χ4n) is 5.00. The number of carbonyl (C=O) groups is 1. The van der Waals surface area contributed by atoms with Crippen LogP contribution in [0.2, 0.25) is 0 Å². The van der Waals surface area contributed by atoms with Crippen molar-refractivity contribution in [3.05, 3.63) is 52.8 Å². The smallest absolute Gasteiger partial charge is 0.254 e. The number of carbonyl (C=O) groups excluding carboxylic acids is 1. The summed E-state index contributed by atoms with van der Waals surface area (Å²) in [6.07, 6.45) is 0.843. The molecule has 6 rings (SSSR count). The minimum atomic E-state index is -0.257. The van der Waals surface area contributed by atoms with E-state index in [9.17, 15) is 4.79 Å². The van der Waals surface area contributed by atoms with Gasteiger partial charge in [0.25, 0.3) is 5.91 Å². The highest BCUT2D eigenvalue weighted by molar-refractivity contribution is 5.94. The molecule has 0 saturated carbocycles. The van der Waals surface area contributed by atoms with Gasteiger partial charge in [0.15, 0.2) is 17.3 Å². The molecule has 11 heteroatoms. The molecule has 3 aromatic rings. The van der Waals surface area contributed by atoms with Crippen LogP contribution in [0.3, 0.4) is 0 Å². The van der Waals surface area contributed by atoms with Crippen LogP contribution in [-0.4, -0.2) is 89.7 Å². The summed E-state index contributed by atoms with van der Waals surface area (Å²) in [7, 11) is 3.68. The highest BCUT2D eigenvalue weighted by atomic mass is 16.7. The number of fused-ring (bicyclic) bond motifs is 2. The number of nitrogens with zero attached hydrogens (tertiary/aromatic N) is 6. The van der Waals surface area contributed by atoms with Gasteiger partial charge in [0, 0.05) is 30.8 Å². The number of ether oxygens (including phenoxy) is 4. The maximum Gasteiger partial charge on any atom is 0.254 e. The fraction of sp³-hybridized carbons (Fsp3) is 0.417. The maximum absolute atomic E-state index is 12.8. The lowest BCUT2D eigenvalue weighted by atomic mass is 9.90. The first-order valence-electron chi connectivity index (χ1n) is 11.6. The number of amides is 1. The van der Waals surface area contributed by atoms with E-state index in [2.05, 4.69) is 20.4 Å². The number of tetrazole rings is 1. The van der Waals surface area contributed by atoms with Crippen molar-refractivity contribution < 1.29 is 23.7 Å². The number of morpholine rings is 1. The van der Waals surface area contributed by atoms with Crippen LogP contribution in [-0.2, 0) is 11.2 Å². The zero-order valence-electron chi connectivity index (χ0n) is 19.6. The van der Waals surface area contributed by atoms with Crippen LogP contribution >= 0.6 is 0 Å². The summed E-state index contributed by atoms with van der Waals surface area (Å²) >= 11 is 0. The first kappa shape index (κ1) is 21.8. The molecule has 0 bridgehead atoms. The lowest BCUT2D eigenvalue weighted by molar-refractivity contribution is 0.0303. The lowest BCUT2D eigenvalue weighted by Gasteiger charge is -2.34. The van der Waals surface area contributed by atoms with Crippen LogP contribution < -0.4 is 14.2 Å². The second kappa shape index (κ2) is 8.82. The van der Waals surface area contributed by atoms with Crippen molar-refractivity contribution in [2.75, 3.05) is 53.8 Å². The molecule has 2 aromatic carbocycles. The number of hydrogen-bond donors (Lipinski definition) is 0. The molecule has 4 heterocycles. The van der Waals surface area contributed by atoms with Crippen LogP contribution in [0.4, 0.5) is 0 Å². The second-order valence-corrected chi connectivity index (χ2v) is 8.75. The number of benzene rings is 2. The minimum absolute atomic E-state index is 0.00135. The number of likely N-dealkylation sites (N-methyl/N-ethyl adjacent to an activating group) is 1. The van der Waals surface area contributed by atoms with Gasteiger partial charge in [0.2, 0.25) is 12.5 Å².